The van der Waals surface area contributed by atoms with Gasteiger partial charge in [0.05, 0.1) is 0 Å². The number of likely N-dealkylation sites (tertiary alicyclic amines) is 1. The minimum atomic E-state index is 0.710. The Morgan fingerprint density at radius 2 is 1.70 bits per heavy atom. The molecule has 0 amide bonds. The van der Waals surface area contributed by atoms with Gasteiger partial charge in [-0.25, -0.2) is 4.98 Å². The molecular formula is C17H27N3. The third-order valence-corrected chi connectivity index (χ3v) is 5.59. The highest BCUT2D eigenvalue weighted by molar-refractivity contribution is 5.03. The smallest absolute Gasteiger partial charge is 0.111 e. The van der Waals surface area contributed by atoms with Gasteiger partial charge in [0.25, 0.3) is 0 Å². The van der Waals surface area contributed by atoms with Gasteiger partial charge in [0.1, 0.15) is 5.82 Å². The van der Waals surface area contributed by atoms with Gasteiger partial charge in [0.15, 0.2) is 0 Å². The molecule has 3 nitrogen and oxygen atoms in total. The molecule has 2 heterocycles. The SMILES string of the molecule is c1cn(CC2CC2)c(C2CCN(CC3CCC3)CC2)n1. The van der Waals surface area contributed by atoms with Crippen LogP contribution in [-0.4, -0.2) is 34.1 Å². The molecule has 0 spiro atoms. The molecule has 110 valence electrons. The van der Waals surface area contributed by atoms with E-state index in [1.165, 1.54) is 76.9 Å². The maximum atomic E-state index is 4.68. The molecule has 3 aliphatic rings. The lowest BCUT2D eigenvalue weighted by molar-refractivity contribution is 0.144. The van der Waals surface area contributed by atoms with Gasteiger partial charge in [-0.3, -0.25) is 0 Å². The zero-order valence-electron chi connectivity index (χ0n) is 12.5. The van der Waals surface area contributed by atoms with Gasteiger partial charge in [0, 0.05) is 31.4 Å². The summed E-state index contributed by atoms with van der Waals surface area (Å²) in [6.45, 7) is 5.16. The molecule has 1 aliphatic heterocycles. The zero-order chi connectivity index (χ0) is 13.4. The average Bonchev–Trinajstić information content (AvgIpc) is 3.11. The lowest BCUT2D eigenvalue weighted by atomic mass is 9.84. The van der Waals surface area contributed by atoms with Crippen LogP contribution >= 0.6 is 0 Å². The Balaban J connectivity index is 1.32. The molecule has 3 fully saturated rings. The van der Waals surface area contributed by atoms with Crippen molar-refractivity contribution < 1.29 is 0 Å². The molecule has 1 aromatic heterocycles. The minimum Gasteiger partial charge on any atom is -0.334 e. The molecule has 1 aromatic rings. The molecule has 0 radical (unpaired) electrons. The molecule has 0 unspecified atom stereocenters. The van der Waals surface area contributed by atoms with Crippen LogP contribution in [0, 0.1) is 11.8 Å². The lowest BCUT2D eigenvalue weighted by Crippen LogP contribution is -2.38. The van der Waals surface area contributed by atoms with Crippen LogP contribution in [0.15, 0.2) is 12.4 Å². The Morgan fingerprint density at radius 1 is 0.950 bits per heavy atom. The second-order valence-corrected chi connectivity index (χ2v) is 7.25. The van der Waals surface area contributed by atoms with Gasteiger partial charge >= 0.3 is 0 Å². The first-order valence-electron chi connectivity index (χ1n) is 8.62. The summed E-state index contributed by atoms with van der Waals surface area (Å²) >= 11 is 0. The first kappa shape index (κ1) is 12.9. The van der Waals surface area contributed by atoms with Crippen molar-refractivity contribution in [1.82, 2.24) is 14.5 Å². The summed E-state index contributed by atoms with van der Waals surface area (Å²) in [6, 6.07) is 0. The Labute approximate surface area is 122 Å². The van der Waals surface area contributed by atoms with Gasteiger partial charge < -0.3 is 9.47 Å². The third-order valence-electron chi connectivity index (χ3n) is 5.59. The van der Waals surface area contributed by atoms with Crippen molar-refractivity contribution in [2.24, 2.45) is 11.8 Å². The van der Waals surface area contributed by atoms with E-state index in [9.17, 15) is 0 Å². The second-order valence-electron chi connectivity index (χ2n) is 7.25. The van der Waals surface area contributed by atoms with Crippen molar-refractivity contribution in [2.45, 2.75) is 57.4 Å². The molecule has 20 heavy (non-hydrogen) atoms. The molecule has 0 N–H and O–H groups in total. The molecule has 2 saturated carbocycles. The van der Waals surface area contributed by atoms with Crippen LogP contribution in [0.25, 0.3) is 0 Å². The predicted molar refractivity (Wildman–Crippen MR) is 80.7 cm³/mol. The van der Waals surface area contributed by atoms with Crippen LogP contribution in [0.4, 0.5) is 0 Å². The number of hydrogen-bond donors (Lipinski definition) is 0. The van der Waals surface area contributed by atoms with Crippen LogP contribution in [0.2, 0.25) is 0 Å². The van der Waals surface area contributed by atoms with E-state index in [4.69, 9.17) is 0 Å². The standard InChI is InChI=1S/C17H27N3/c1-2-14(3-1)12-19-9-6-16(7-10-19)17-18-8-11-20(17)13-15-4-5-15/h8,11,14-16H,1-7,9-10,12-13H2. The van der Waals surface area contributed by atoms with Crippen LogP contribution in [-0.2, 0) is 6.54 Å². The number of hydrogen-bond acceptors (Lipinski definition) is 2. The van der Waals surface area contributed by atoms with Crippen LogP contribution < -0.4 is 0 Å². The maximum Gasteiger partial charge on any atom is 0.111 e. The summed E-state index contributed by atoms with van der Waals surface area (Å²) < 4.78 is 2.45. The van der Waals surface area contributed by atoms with E-state index < -0.39 is 0 Å². The summed E-state index contributed by atoms with van der Waals surface area (Å²) in [6.07, 6.45) is 14.1. The predicted octanol–water partition coefficient (Wildman–Crippen LogP) is 3.27. The Hall–Kier alpha value is -0.830. The minimum absolute atomic E-state index is 0.710. The third kappa shape index (κ3) is 2.78. The largest absolute Gasteiger partial charge is 0.334 e. The summed E-state index contributed by atoms with van der Waals surface area (Å²) in [5.41, 5.74) is 0. The van der Waals surface area contributed by atoms with Crippen molar-refractivity contribution in [1.29, 1.82) is 0 Å². The van der Waals surface area contributed by atoms with E-state index >= 15 is 0 Å². The van der Waals surface area contributed by atoms with Crippen LogP contribution in [0.3, 0.4) is 0 Å². The molecule has 4 rings (SSSR count). The van der Waals surface area contributed by atoms with Crippen molar-refractivity contribution in [2.75, 3.05) is 19.6 Å². The van der Waals surface area contributed by atoms with E-state index in [-0.39, 0.29) is 0 Å². The van der Waals surface area contributed by atoms with Crippen LogP contribution in [0.1, 0.15) is 56.7 Å². The van der Waals surface area contributed by atoms with Crippen molar-refractivity contribution in [3.05, 3.63) is 18.2 Å². The number of nitrogens with zero attached hydrogens (tertiary/aromatic N) is 3. The van der Waals surface area contributed by atoms with Gasteiger partial charge in [-0.05, 0) is 63.5 Å². The summed E-state index contributed by atoms with van der Waals surface area (Å²) in [5.74, 6) is 4.05. The van der Waals surface area contributed by atoms with E-state index in [0.29, 0.717) is 5.92 Å². The molecule has 0 aromatic carbocycles. The molecular weight excluding hydrogens is 246 g/mol. The molecule has 0 atom stereocenters. The highest BCUT2D eigenvalue weighted by atomic mass is 15.1. The van der Waals surface area contributed by atoms with Crippen molar-refractivity contribution in [3.63, 3.8) is 0 Å². The van der Waals surface area contributed by atoms with Gasteiger partial charge in [-0.2, -0.15) is 0 Å². The average molecular weight is 273 g/mol. The van der Waals surface area contributed by atoms with Crippen molar-refractivity contribution in [3.8, 4) is 0 Å². The summed E-state index contributed by atoms with van der Waals surface area (Å²) in [5, 5.41) is 0. The Morgan fingerprint density at radius 3 is 2.35 bits per heavy atom. The summed E-state index contributed by atoms with van der Waals surface area (Å²) in [4.78, 5) is 7.38. The highest BCUT2D eigenvalue weighted by Gasteiger charge is 2.28. The van der Waals surface area contributed by atoms with Gasteiger partial charge in [0.2, 0.25) is 0 Å². The number of piperidine rings is 1. The maximum absolute atomic E-state index is 4.68. The van der Waals surface area contributed by atoms with Crippen molar-refractivity contribution >= 4 is 0 Å². The first-order valence-corrected chi connectivity index (χ1v) is 8.62. The molecule has 3 heteroatoms. The molecule has 2 aliphatic carbocycles. The van der Waals surface area contributed by atoms with E-state index in [1.807, 2.05) is 6.20 Å². The first-order chi connectivity index (χ1) is 9.88. The topological polar surface area (TPSA) is 21.1 Å². The van der Waals surface area contributed by atoms with Gasteiger partial charge in [-0.15, -0.1) is 0 Å². The number of rotatable bonds is 5. The van der Waals surface area contributed by atoms with E-state index in [1.54, 1.807) is 0 Å². The van der Waals surface area contributed by atoms with E-state index in [0.717, 1.165) is 11.8 Å². The van der Waals surface area contributed by atoms with E-state index in [2.05, 4.69) is 20.6 Å². The normalized spacial score (nSPS) is 25.8. The Bertz CT molecular complexity index is 437. The fraction of sp³-hybridized carbons (Fsp3) is 0.824. The molecule has 1 saturated heterocycles. The second kappa shape index (κ2) is 5.51. The number of imidazole rings is 1. The number of aromatic nitrogens is 2. The Kier molecular flexibility index (Phi) is 3.55. The summed E-state index contributed by atoms with van der Waals surface area (Å²) in [7, 11) is 0. The quantitative estimate of drug-likeness (QED) is 0.821. The van der Waals surface area contributed by atoms with Gasteiger partial charge in [-0.1, -0.05) is 6.42 Å². The monoisotopic (exact) mass is 273 g/mol. The lowest BCUT2D eigenvalue weighted by Gasteiger charge is -2.36. The fourth-order valence-corrected chi connectivity index (χ4v) is 3.83. The highest BCUT2D eigenvalue weighted by Crippen LogP contribution is 2.34. The zero-order valence-corrected chi connectivity index (χ0v) is 12.5. The molecule has 0 bridgehead atoms. The fourth-order valence-electron chi connectivity index (χ4n) is 3.83. The van der Waals surface area contributed by atoms with Crippen LogP contribution in [0.5, 0.6) is 0 Å².